The third kappa shape index (κ3) is 76.1. The average Bonchev–Trinajstić information content (AvgIpc) is 0.952. The molecule has 101 heavy (non-hydrogen) atoms. The van der Waals surface area contributed by atoms with Gasteiger partial charge in [0.25, 0.3) is 0 Å². The normalized spacial score (nSPS) is 13.9. The molecule has 5 atom stereocenters. The van der Waals surface area contributed by atoms with Gasteiger partial charge in [-0.25, -0.2) is 9.13 Å². The second kappa shape index (κ2) is 73.6. The van der Waals surface area contributed by atoms with E-state index in [0.717, 1.165) is 115 Å². The number of hydrogen-bond donors (Lipinski definition) is 3. The number of rotatable bonds is 81. The topological polar surface area (TPSA) is 237 Å². The summed E-state index contributed by atoms with van der Waals surface area (Å²) in [5, 5.41) is 10.6. The van der Waals surface area contributed by atoms with E-state index >= 15 is 0 Å². The van der Waals surface area contributed by atoms with Gasteiger partial charge >= 0.3 is 39.5 Å². The van der Waals surface area contributed by atoms with E-state index in [2.05, 4.69) is 41.5 Å². The molecule has 3 N–H and O–H groups in total. The van der Waals surface area contributed by atoms with Crippen LogP contribution < -0.4 is 0 Å². The van der Waals surface area contributed by atoms with Gasteiger partial charge in [0.2, 0.25) is 0 Å². The molecule has 0 radical (unpaired) electrons. The Morgan fingerprint density at radius 1 is 0.267 bits per heavy atom. The Kier molecular flexibility index (Phi) is 72.2. The zero-order chi connectivity index (χ0) is 74.2. The fourth-order valence-electron chi connectivity index (χ4n) is 12.7. The van der Waals surface area contributed by atoms with Crippen molar-refractivity contribution in [1.82, 2.24) is 0 Å². The summed E-state index contributed by atoms with van der Waals surface area (Å²) < 4.78 is 68.6. The fourth-order valence-corrected chi connectivity index (χ4v) is 14.3. The molecule has 0 aliphatic carbocycles. The molecule has 0 saturated carbocycles. The van der Waals surface area contributed by atoms with E-state index in [1.165, 1.54) is 238 Å². The van der Waals surface area contributed by atoms with Gasteiger partial charge in [-0.1, -0.05) is 382 Å². The zero-order valence-electron chi connectivity index (χ0n) is 66.2. The van der Waals surface area contributed by atoms with Gasteiger partial charge in [-0.15, -0.1) is 0 Å². The highest BCUT2D eigenvalue weighted by Crippen LogP contribution is 2.45. The van der Waals surface area contributed by atoms with Gasteiger partial charge in [-0.05, 0) is 37.5 Å². The minimum absolute atomic E-state index is 0.107. The predicted molar refractivity (Wildman–Crippen MR) is 414 cm³/mol. The van der Waals surface area contributed by atoms with E-state index in [1.807, 2.05) is 0 Å². The first kappa shape index (κ1) is 99.1. The van der Waals surface area contributed by atoms with E-state index in [4.69, 9.17) is 37.0 Å². The summed E-state index contributed by atoms with van der Waals surface area (Å²) in [4.78, 5) is 72.9. The van der Waals surface area contributed by atoms with Crippen LogP contribution in [0.5, 0.6) is 0 Å². The van der Waals surface area contributed by atoms with Crippen LogP contribution in [0.4, 0.5) is 0 Å². The standard InChI is InChI=1S/C82H160O17P2/c1-7-9-11-13-15-16-17-18-19-20-21-22-23-24-25-32-37-42-48-54-60-66-82(87)99-78(71-93-80(85)65-59-53-47-41-36-31-27-26-29-34-39-45-50-56-62-74(3)4)73-97-101(90,91)95-69-76(83)68-94-100(88,89)96-72-77(70-92-79(84)64-58-52-44-14-12-10-8-2)98-81(86)67-61-55-49-43-38-33-28-30-35-40-46-51-57-63-75(5)6/h74-78,83H,7-73H2,1-6H3,(H,88,89)(H,90,91)/t76-,77+,78+/m0/s1. The third-order valence-electron chi connectivity index (χ3n) is 19.2. The number of carbonyl (C=O) groups excluding carboxylic acids is 4. The Balaban J connectivity index is 5.17. The van der Waals surface area contributed by atoms with Crippen molar-refractivity contribution in [3.8, 4) is 0 Å². The summed E-state index contributed by atoms with van der Waals surface area (Å²) in [5.74, 6) is -0.526. The molecule has 600 valence electrons. The lowest BCUT2D eigenvalue weighted by atomic mass is 10.0. The van der Waals surface area contributed by atoms with Crippen LogP contribution >= 0.6 is 15.6 Å². The first-order valence-corrected chi connectivity index (χ1v) is 45.5. The van der Waals surface area contributed by atoms with Gasteiger partial charge in [0.1, 0.15) is 19.3 Å². The second-order valence-corrected chi connectivity index (χ2v) is 33.4. The highest BCUT2D eigenvalue weighted by atomic mass is 31.2. The largest absolute Gasteiger partial charge is 0.472 e. The minimum Gasteiger partial charge on any atom is -0.462 e. The minimum atomic E-state index is -4.96. The molecular weight excluding hydrogens is 1320 g/mol. The molecule has 0 fully saturated rings. The van der Waals surface area contributed by atoms with Crippen LogP contribution in [0.3, 0.4) is 0 Å². The first-order valence-electron chi connectivity index (χ1n) is 42.5. The van der Waals surface area contributed by atoms with Gasteiger partial charge < -0.3 is 33.8 Å². The SMILES string of the molecule is CCCCCCCCCCCCCCCCCCCCCCCC(=O)O[C@H](COC(=O)CCCCCCCCCCCCCCCCC(C)C)COP(=O)(O)OC[C@@H](O)COP(=O)(O)OC[C@@H](COC(=O)CCCCCCCCC)OC(=O)CCCCCCCCCCCCCCCC(C)C. The Morgan fingerprint density at radius 2 is 0.455 bits per heavy atom. The average molecular weight is 1480 g/mol. The molecule has 0 spiro atoms. The van der Waals surface area contributed by atoms with Crippen LogP contribution in [0.1, 0.15) is 433 Å². The molecule has 0 saturated heterocycles. The van der Waals surface area contributed by atoms with Crippen molar-refractivity contribution in [1.29, 1.82) is 0 Å². The second-order valence-electron chi connectivity index (χ2n) is 30.5. The molecule has 0 aromatic heterocycles. The molecule has 0 aliphatic rings. The number of hydrogen-bond acceptors (Lipinski definition) is 15. The Morgan fingerprint density at radius 3 is 0.673 bits per heavy atom. The number of unbranched alkanes of at least 4 members (excludes halogenated alkanes) is 51. The lowest BCUT2D eigenvalue weighted by Gasteiger charge is -2.21. The molecule has 0 aromatic rings. The van der Waals surface area contributed by atoms with Crippen molar-refractivity contribution >= 4 is 39.5 Å². The molecule has 0 amide bonds. The molecule has 0 rings (SSSR count). The lowest BCUT2D eigenvalue weighted by Crippen LogP contribution is -2.30. The molecule has 17 nitrogen and oxygen atoms in total. The van der Waals surface area contributed by atoms with Gasteiger partial charge in [-0.3, -0.25) is 37.3 Å². The molecule has 0 aliphatic heterocycles. The highest BCUT2D eigenvalue weighted by Gasteiger charge is 2.30. The van der Waals surface area contributed by atoms with Gasteiger partial charge in [-0.2, -0.15) is 0 Å². The quantitative estimate of drug-likeness (QED) is 0.0222. The number of ether oxygens (including phenoxy) is 4. The van der Waals surface area contributed by atoms with E-state index in [9.17, 15) is 43.2 Å². The van der Waals surface area contributed by atoms with E-state index < -0.39 is 97.5 Å². The number of aliphatic hydroxyl groups excluding tert-OH is 1. The molecule has 19 heteroatoms. The summed E-state index contributed by atoms with van der Waals surface area (Å²) in [6.07, 6.45) is 64.1. The van der Waals surface area contributed by atoms with Crippen LogP contribution in [0, 0.1) is 11.8 Å². The van der Waals surface area contributed by atoms with Crippen LogP contribution in [-0.4, -0.2) is 96.7 Å². The van der Waals surface area contributed by atoms with Crippen molar-refractivity contribution in [3.05, 3.63) is 0 Å². The van der Waals surface area contributed by atoms with E-state index in [-0.39, 0.29) is 25.7 Å². The monoisotopic (exact) mass is 1480 g/mol. The van der Waals surface area contributed by atoms with Crippen LogP contribution in [-0.2, 0) is 65.4 Å². The Hall–Kier alpha value is -1.94. The number of esters is 4. The summed E-state index contributed by atoms with van der Waals surface area (Å²) in [6.45, 7) is 9.64. The van der Waals surface area contributed by atoms with E-state index in [1.54, 1.807) is 0 Å². The molecular formula is C82H160O17P2. The maximum Gasteiger partial charge on any atom is 0.472 e. The van der Waals surface area contributed by atoms with Crippen molar-refractivity contribution < 1.29 is 80.2 Å². The fraction of sp³-hybridized carbons (Fsp3) is 0.951. The molecule has 2 unspecified atom stereocenters. The molecule has 0 bridgehead atoms. The first-order chi connectivity index (χ1) is 48.9. The number of phosphoric ester groups is 2. The number of aliphatic hydroxyl groups is 1. The van der Waals surface area contributed by atoms with Crippen LogP contribution in [0.2, 0.25) is 0 Å². The summed E-state index contributed by atoms with van der Waals surface area (Å²) in [5.41, 5.74) is 0. The van der Waals surface area contributed by atoms with E-state index in [0.29, 0.717) is 25.7 Å². The lowest BCUT2D eigenvalue weighted by molar-refractivity contribution is -0.161. The number of carbonyl (C=O) groups is 4. The Bertz CT molecular complexity index is 1940. The van der Waals surface area contributed by atoms with Crippen molar-refractivity contribution in [2.75, 3.05) is 39.6 Å². The van der Waals surface area contributed by atoms with Crippen molar-refractivity contribution in [2.45, 2.75) is 452 Å². The number of phosphoric acid groups is 2. The summed E-state index contributed by atoms with van der Waals surface area (Å²) >= 11 is 0. The maximum absolute atomic E-state index is 13.1. The van der Waals surface area contributed by atoms with Crippen molar-refractivity contribution in [2.24, 2.45) is 11.8 Å². The summed E-state index contributed by atoms with van der Waals surface area (Å²) in [6, 6.07) is 0. The molecule has 0 aromatic carbocycles. The van der Waals surface area contributed by atoms with Gasteiger partial charge in [0.15, 0.2) is 12.2 Å². The Labute approximate surface area is 619 Å². The highest BCUT2D eigenvalue weighted by molar-refractivity contribution is 7.47. The van der Waals surface area contributed by atoms with Gasteiger partial charge in [0, 0.05) is 25.7 Å². The summed E-state index contributed by atoms with van der Waals surface area (Å²) in [7, 11) is -9.92. The smallest absolute Gasteiger partial charge is 0.462 e. The van der Waals surface area contributed by atoms with Gasteiger partial charge in [0.05, 0.1) is 26.4 Å². The zero-order valence-corrected chi connectivity index (χ0v) is 68.0. The maximum atomic E-state index is 13.1. The predicted octanol–water partition coefficient (Wildman–Crippen LogP) is 24.7. The van der Waals surface area contributed by atoms with Crippen molar-refractivity contribution in [3.63, 3.8) is 0 Å². The van der Waals surface area contributed by atoms with Crippen LogP contribution in [0.25, 0.3) is 0 Å². The molecule has 0 heterocycles. The van der Waals surface area contributed by atoms with Crippen LogP contribution in [0.15, 0.2) is 0 Å². The third-order valence-corrected chi connectivity index (χ3v) is 21.1.